The SMILES string of the molecule is O=C(NCCc1ccccn1)c1ccc(S)cc1. The summed E-state index contributed by atoms with van der Waals surface area (Å²) < 4.78 is 0. The van der Waals surface area contributed by atoms with Gasteiger partial charge in [0.25, 0.3) is 5.91 Å². The molecule has 1 aromatic carbocycles. The van der Waals surface area contributed by atoms with Crippen molar-refractivity contribution in [2.45, 2.75) is 11.3 Å². The highest BCUT2D eigenvalue weighted by atomic mass is 32.1. The maximum atomic E-state index is 11.8. The van der Waals surface area contributed by atoms with E-state index in [9.17, 15) is 4.79 Å². The molecule has 3 nitrogen and oxygen atoms in total. The third-order valence-corrected chi connectivity index (χ3v) is 2.82. The van der Waals surface area contributed by atoms with Crippen LogP contribution < -0.4 is 5.32 Å². The number of rotatable bonds is 4. The molecule has 0 aliphatic heterocycles. The van der Waals surface area contributed by atoms with Crippen molar-refractivity contribution in [2.75, 3.05) is 6.54 Å². The average Bonchev–Trinajstić information content (AvgIpc) is 2.40. The van der Waals surface area contributed by atoms with Gasteiger partial charge in [0.05, 0.1) is 0 Å². The first-order valence-corrected chi connectivity index (χ1v) is 6.17. The Bertz CT molecular complexity index is 511. The lowest BCUT2D eigenvalue weighted by Gasteiger charge is -2.05. The van der Waals surface area contributed by atoms with E-state index in [1.807, 2.05) is 18.2 Å². The van der Waals surface area contributed by atoms with Crippen molar-refractivity contribution in [3.8, 4) is 0 Å². The van der Waals surface area contributed by atoms with Crippen LogP contribution in [0.2, 0.25) is 0 Å². The lowest BCUT2D eigenvalue weighted by atomic mass is 10.2. The summed E-state index contributed by atoms with van der Waals surface area (Å²) in [6.07, 6.45) is 2.49. The van der Waals surface area contributed by atoms with E-state index in [1.54, 1.807) is 30.5 Å². The third kappa shape index (κ3) is 3.60. The van der Waals surface area contributed by atoms with Crippen LogP contribution in [0.15, 0.2) is 53.6 Å². The summed E-state index contributed by atoms with van der Waals surface area (Å²) in [5, 5.41) is 2.86. The van der Waals surface area contributed by atoms with Crippen molar-refractivity contribution in [1.29, 1.82) is 0 Å². The Kier molecular flexibility index (Phi) is 4.36. The summed E-state index contributed by atoms with van der Waals surface area (Å²) in [4.78, 5) is 16.8. The Balaban J connectivity index is 1.84. The second-order valence-electron chi connectivity index (χ2n) is 3.87. The molecule has 0 radical (unpaired) electrons. The highest BCUT2D eigenvalue weighted by Gasteiger charge is 2.04. The Hall–Kier alpha value is -1.81. The lowest BCUT2D eigenvalue weighted by molar-refractivity contribution is 0.0954. The molecule has 0 fully saturated rings. The number of carbonyl (C=O) groups is 1. The number of hydrogen-bond donors (Lipinski definition) is 2. The monoisotopic (exact) mass is 258 g/mol. The number of thiol groups is 1. The van der Waals surface area contributed by atoms with E-state index in [0.717, 1.165) is 17.0 Å². The van der Waals surface area contributed by atoms with Gasteiger partial charge in [0.1, 0.15) is 0 Å². The number of carbonyl (C=O) groups excluding carboxylic acids is 1. The first-order valence-electron chi connectivity index (χ1n) is 5.73. The van der Waals surface area contributed by atoms with Crippen LogP contribution in [0.4, 0.5) is 0 Å². The molecule has 18 heavy (non-hydrogen) atoms. The summed E-state index contributed by atoms with van der Waals surface area (Å²) in [5.74, 6) is -0.0701. The number of hydrogen-bond acceptors (Lipinski definition) is 3. The van der Waals surface area contributed by atoms with Crippen LogP contribution in [0.25, 0.3) is 0 Å². The maximum Gasteiger partial charge on any atom is 0.251 e. The summed E-state index contributed by atoms with van der Waals surface area (Å²) in [6.45, 7) is 0.582. The zero-order chi connectivity index (χ0) is 12.8. The molecule has 2 rings (SSSR count). The van der Waals surface area contributed by atoms with Crippen LogP contribution in [0.3, 0.4) is 0 Å². The zero-order valence-electron chi connectivity index (χ0n) is 9.84. The van der Waals surface area contributed by atoms with Crippen molar-refractivity contribution in [3.05, 3.63) is 59.9 Å². The molecule has 1 amide bonds. The van der Waals surface area contributed by atoms with Crippen LogP contribution >= 0.6 is 12.6 Å². The van der Waals surface area contributed by atoms with Gasteiger partial charge in [-0.2, -0.15) is 0 Å². The summed E-state index contributed by atoms with van der Waals surface area (Å²) >= 11 is 4.18. The van der Waals surface area contributed by atoms with Crippen molar-refractivity contribution < 1.29 is 4.79 Å². The molecule has 0 aliphatic rings. The predicted octanol–water partition coefficient (Wildman–Crippen LogP) is 2.34. The quantitative estimate of drug-likeness (QED) is 0.827. The highest BCUT2D eigenvalue weighted by Crippen LogP contribution is 2.07. The molecular weight excluding hydrogens is 244 g/mol. The van der Waals surface area contributed by atoms with Gasteiger partial charge in [0.2, 0.25) is 0 Å². The molecule has 1 N–H and O–H groups in total. The van der Waals surface area contributed by atoms with Crippen LogP contribution in [0, 0.1) is 0 Å². The fourth-order valence-corrected chi connectivity index (χ4v) is 1.71. The van der Waals surface area contributed by atoms with Gasteiger partial charge < -0.3 is 5.32 Å². The van der Waals surface area contributed by atoms with Gasteiger partial charge >= 0.3 is 0 Å². The lowest BCUT2D eigenvalue weighted by Crippen LogP contribution is -2.25. The van der Waals surface area contributed by atoms with Crippen molar-refractivity contribution in [1.82, 2.24) is 10.3 Å². The Morgan fingerprint density at radius 3 is 2.61 bits per heavy atom. The minimum atomic E-state index is -0.0701. The molecule has 0 atom stereocenters. The molecule has 0 saturated heterocycles. The summed E-state index contributed by atoms with van der Waals surface area (Å²) in [7, 11) is 0. The normalized spacial score (nSPS) is 10.1. The van der Waals surface area contributed by atoms with Gasteiger partial charge in [-0.1, -0.05) is 6.07 Å². The van der Waals surface area contributed by atoms with E-state index in [2.05, 4.69) is 22.9 Å². The second kappa shape index (κ2) is 6.21. The van der Waals surface area contributed by atoms with E-state index >= 15 is 0 Å². The van der Waals surface area contributed by atoms with Gasteiger partial charge in [-0.25, -0.2) is 0 Å². The number of benzene rings is 1. The van der Waals surface area contributed by atoms with E-state index in [1.165, 1.54) is 0 Å². The maximum absolute atomic E-state index is 11.8. The van der Waals surface area contributed by atoms with Crippen molar-refractivity contribution >= 4 is 18.5 Å². The molecular formula is C14H14N2OS. The Morgan fingerprint density at radius 2 is 1.94 bits per heavy atom. The van der Waals surface area contributed by atoms with E-state index in [4.69, 9.17) is 0 Å². The first kappa shape index (κ1) is 12.6. The average molecular weight is 258 g/mol. The first-order chi connectivity index (χ1) is 8.75. The highest BCUT2D eigenvalue weighted by molar-refractivity contribution is 7.80. The molecule has 4 heteroatoms. The summed E-state index contributed by atoms with van der Waals surface area (Å²) in [6, 6.07) is 12.9. The molecule has 0 aliphatic carbocycles. The number of aromatic nitrogens is 1. The van der Waals surface area contributed by atoms with Gasteiger partial charge in [0, 0.05) is 35.3 Å². The van der Waals surface area contributed by atoms with Crippen molar-refractivity contribution in [2.24, 2.45) is 0 Å². The second-order valence-corrected chi connectivity index (χ2v) is 4.39. The predicted molar refractivity (Wildman–Crippen MR) is 74.0 cm³/mol. The Morgan fingerprint density at radius 1 is 1.17 bits per heavy atom. The number of pyridine rings is 1. The third-order valence-electron chi connectivity index (χ3n) is 2.52. The van der Waals surface area contributed by atoms with Gasteiger partial charge in [-0.15, -0.1) is 12.6 Å². The van der Waals surface area contributed by atoms with Crippen LogP contribution in [0.1, 0.15) is 16.1 Å². The van der Waals surface area contributed by atoms with Gasteiger partial charge in [0.15, 0.2) is 0 Å². The molecule has 0 spiro atoms. The minimum absolute atomic E-state index is 0.0701. The largest absolute Gasteiger partial charge is 0.352 e. The molecule has 0 unspecified atom stereocenters. The molecule has 2 aromatic rings. The Labute approximate surface area is 112 Å². The van der Waals surface area contributed by atoms with Gasteiger partial charge in [-0.05, 0) is 36.4 Å². The molecule has 1 aromatic heterocycles. The minimum Gasteiger partial charge on any atom is -0.352 e. The topological polar surface area (TPSA) is 42.0 Å². The fourth-order valence-electron chi connectivity index (χ4n) is 1.56. The van der Waals surface area contributed by atoms with Crippen LogP contribution in [0.5, 0.6) is 0 Å². The van der Waals surface area contributed by atoms with Crippen molar-refractivity contribution in [3.63, 3.8) is 0 Å². The number of nitrogens with one attached hydrogen (secondary N) is 1. The molecule has 1 heterocycles. The smallest absolute Gasteiger partial charge is 0.251 e. The zero-order valence-corrected chi connectivity index (χ0v) is 10.7. The number of nitrogens with zero attached hydrogens (tertiary/aromatic N) is 1. The van der Waals surface area contributed by atoms with E-state index in [-0.39, 0.29) is 5.91 Å². The molecule has 0 bridgehead atoms. The number of amides is 1. The summed E-state index contributed by atoms with van der Waals surface area (Å²) in [5.41, 5.74) is 1.62. The molecule has 0 saturated carbocycles. The fraction of sp³-hybridized carbons (Fsp3) is 0.143. The standard InChI is InChI=1S/C14H14N2OS/c17-14(11-4-6-13(18)7-5-11)16-10-8-12-3-1-2-9-15-12/h1-7,9,18H,8,10H2,(H,16,17). The van der Waals surface area contributed by atoms with Crippen LogP contribution in [-0.2, 0) is 6.42 Å². The van der Waals surface area contributed by atoms with Crippen LogP contribution in [-0.4, -0.2) is 17.4 Å². The van der Waals surface area contributed by atoms with E-state index in [0.29, 0.717) is 12.1 Å². The molecule has 92 valence electrons. The van der Waals surface area contributed by atoms with Gasteiger partial charge in [-0.3, -0.25) is 9.78 Å². The van der Waals surface area contributed by atoms with E-state index < -0.39 is 0 Å².